The third kappa shape index (κ3) is 3.13. The van der Waals surface area contributed by atoms with Gasteiger partial charge >= 0.3 is 0 Å². The molecule has 1 aromatic rings. The zero-order valence-corrected chi connectivity index (χ0v) is 13.8. The largest absolute Gasteiger partial charge is 0.395 e. The number of hydrogen-bond acceptors (Lipinski definition) is 7. The lowest BCUT2D eigenvalue weighted by Crippen LogP contribution is -2.50. The van der Waals surface area contributed by atoms with Gasteiger partial charge < -0.3 is 19.8 Å². The summed E-state index contributed by atoms with van der Waals surface area (Å²) in [6.45, 7) is 2.97. The van der Waals surface area contributed by atoms with Crippen LogP contribution in [-0.4, -0.2) is 76.7 Å². The highest BCUT2D eigenvalue weighted by Gasteiger charge is 2.48. The van der Waals surface area contributed by atoms with E-state index in [1.54, 1.807) is 4.90 Å². The molecule has 1 spiro atoms. The second-order valence-electron chi connectivity index (χ2n) is 6.45. The number of amides is 2. The van der Waals surface area contributed by atoms with Gasteiger partial charge in [0.15, 0.2) is 0 Å². The van der Waals surface area contributed by atoms with Crippen molar-refractivity contribution >= 4 is 11.8 Å². The molecule has 0 unspecified atom stereocenters. The van der Waals surface area contributed by atoms with Gasteiger partial charge in [-0.25, -0.2) is 0 Å². The lowest BCUT2D eigenvalue weighted by Gasteiger charge is -2.39. The van der Waals surface area contributed by atoms with Crippen LogP contribution in [0.3, 0.4) is 0 Å². The number of rotatable bonds is 5. The zero-order valence-electron chi connectivity index (χ0n) is 13.8. The van der Waals surface area contributed by atoms with E-state index in [4.69, 9.17) is 9.63 Å². The van der Waals surface area contributed by atoms with Crippen LogP contribution in [0.1, 0.15) is 35.8 Å². The molecule has 132 valence electrons. The predicted molar refractivity (Wildman–Crippen MR) is 82.9 cm³/mol. The Morgan fingerprint density at radius 3 is 3.00 bits per heavy atom. The summed E-state index contributed by atoms with van der Waals surface area (Å²) in [5.41, 5.74) is -0.364. The van der Waals surface area contributed by atoms with E-state index in [1.807, 2.05) is 0 Å². The summed E-state index contributed by atoms with van der Waals surface area (Å²) < 4.78 is 5.12. The van der Waals surface area contributed by atoms with Gasteiger partial charge in [-0.05, 0) is 25.8 Å². The molecule has 9 nitrogen and oxygen atoms in total. The molecule has 0 aromatic carbocycles. The van der Waals surface area contributed by atoms with Gasteiger partial charge in [-0.15, -0.1) is 0 Å². The number of nitrogens with one attached hydrogen (secondary N) is 1. The molecule has 2 aliphatic rings. The Bertz CT molecular complexity index is 617. The fourth-order valence-electron chi connectivity index (χ4n) is 3.67. The van der Waals surface area contributed by atoms with Gasteiger partial charge in [-0.1, -0.05) is 5.16 Å². The van der Waals surface area contributed by atoms with Crippen molar-refractivity contribution in [3.05, 3.63) is 11.7 Å². The lowest BCUT2D eigenvalue weighted by molar-refractivity contribution is -0.146. The number of aromatic nitrogens is 2. The normalized spacial score (nSPS) is 24.8. The van der Waals surface area contributed by atoms with Gasteiger partial charge in [0.25, 0.3) is 11.7 Å². The van der Waals surface area contributed by atoms with E-state index in [9.17, 15) is 9.59 Å². The second-order valence-corrected chi connectivity index (χ2v) is 6.45. The van der Waals surface area contributed by atoms with Crippen LogP contribution >= 0.6 is 0 Å². The number of carbonyl (C=O) groups is 2. The summed E-state index contributed by atoms with van der Waals surface area (Å²) in [4.78, 5) is 32.2. The molecular formula is C15H23N5O4. The molecule has 24 heavy (non-hydrogen) atoms. The molecule has 9 heteroatoms. The minimum absolute atomic E-state index is 0.00418. The molecule has 1 aromatic heterocycles. The Kier molecular flexibility index (Phi) is 4.81. The molecule has 0 saturated carbocycles. The molecule has 0 aliphatic carbocycles. The maximum absolute atomic E-state index is 12.8. The highest BCUT2D eigenvalue weighted by atomic mass is 16.5. The van der Waals surface area contributed by atoms with Crippen LogP contribution in [0.25, 0.3) is 0 Å². The molecule has 2 amide bonds. The summed E-state index contributed by atoms with van der Waals surface area (Å²) in [5.74, 6) is 0.150. The molecule has 3 rings (SSSR count). The first kappa shape index (κ1) is 16.8. The fraction of sp³-hybridized carbons (Fsp3) is 0.733. The SMILES string of the molecule is CNC(=O)c1noc(CN2CC[C@@]3(CCCN(CCO)C3=O)C2)n1. The number of carbonyl (C=O) groups excluding carboxylic acids is 2. The minimum Gasteiger partial charge on any atom is -0.395 e. The van der Waals surface area contributed by atoms with Crippen LogP contribution in [0.4, 0.5) is 0 Å². The topological polar surface area (TPSA) is 112 Å². The molecule has 2 aliphatic heterocycles. The number of hydrogen-bond donors (Lipinski definition) is 2. The van der Waals surface area contributed by atoms with Crippen molar-refractivity contribution in [2.24, 2.45) is 5.41 Å². The van der Waals surface area contributed by atoms with Gasteiger partial charge in [-0.2, -0.15) is 4.98 Å². The van der Waals surface area contributed by atoms with E-state index in [0.29, 0.717) is 25.5 Å². The Hall–Kier alpha value is -2.00. The van der Waals surface area contributed by atoms with Gasteiger partial charge in [0.2, 0.25) is 11.8 Å². The first-order chi connectivity index (χ1) is 11.6. The molecular weight excluding hydrogens is 314 g/mol. The zero-order chi connectivity index (χ0) is 17.2. The summed E-state index contributed by atoms with van der Waals surface area (Å²) in [5, 5.41) is 15.2. The van der Waals surface area contributed by atoms with E-state index in [0.717, 1.165) is 32.4 Å². The van der Waals surface area contributed by atoms with Crippen molar-refractivity contribution in [3.63, 3.8) is 0 Å². The summed E-state index contributed by atoms with van der Waals surface area (Å²) in [6, 6.07) is 0. The van der Waals surface area contributed by atoms with E-state index in [-0.39, 0.29) is 29.7 Å². The third-order valence-corrected chi connectivity index (χ3v) is 4.88. The van der Waals surface area contributed by atoms with Crippen LogP contribution in [-0.2, 0) is 11.3 Å². The first-order valence-corrected chi connectivity index (χ1v) is 8.25. The maximum atomic E-state index is 12.8. The Morgan fingerprint density at radius 2 is 2.25 bits per heavy atom. The van der Waals surface area contributed by atoms with Crippen molar-refractivity contribution in [1.82, 2.24) is 25.3 Å². The van der Waals surface area contributed by atoms with E-state index in [2.05, 4.69) is 20.4 Å². The average Bonchev–Trinajstić information content (AvgIpc) is 3.20. The first-order valence-electron chi connectivity index (χ1n) is 8.25. The number of aliphatic hydroxyl groups excluding tert-OH is 1. The third-order valence-electron chi connectivity index (χ3n) is 4.88. The van der Waals surface area contributed by atoms with Gasteiger partial charge in [-0.3, -0.25) is 14.5 Å². The second kappa shape index (κ2) is 6.86. The van der Waals surface area contributed by atoms with Crippen molar-refractivity contribution < 1.29 is 19.2 Å². The van der Waals surface area contributed by atoms with E-state index >= 15 is 0 Å². The molecule has 3 heterocycles. The fourth-order valence-corrected chi connectivity index (χ4v) is 3.67. The number of β-amino-alcohol motifs (C(OH)–C–C–N with tert-alkyl or cyclic N) is 1. The quantitative estimate of drug-likeness (QED) is 0.726. The number of piperidine rings is 1. The van der Waals surface area contributed by atoms with Crippen LogP contribution < -0.4 is 5.32 Å². The Labute approximate surface area is 140 Å². The Balaban J connectivity index is 1.63. The maximum Gasteiger partial charge on any atom is 0.292 e. The van der Waals surface area contributed by atoms with E-state index in [1.165, 1.54) is 7.05 Å². The van der Waals surface area contributed by atoms with E-state index < -0.39 is 0 Å². The van der Waals surface area contributed by atoms with Crippen LogP contribution in [0.15, 0.2) is 4.52 Å². The van der Waals surface area contributed by atoms with Crippen LogP contribution in [0.5, 0.6) is 0 Å². The molecule has 2 fully saturated rings. The number of nitrogens with zero attached hydrogens (tertiary/aromatic N) is 4. The van der Waals surface area contributed by atoms with Gasteiger partial charge in [0, 0.05) is 26.7 Å². The minimum atomic E-state index is -0.384. The Morgan fingerprint density at radius 1 is 1.42 bits per heavy atom. The van der Waals surface area contributed by atoms with Gasteiger partial charge in [0.1, 0.15) is 0 Å². The van der Waals surface area contributed by atoms with Crippen molar-refractivity contribution in [1.29, 1.82) is 0 Å². The summed E-state index contributed by atoms with van der Waals surface area (Å²) in [6.07, 6.45) is 2.63. The molecule has 0 radical (unpaired) electrons. The number of aliphatic hydroxyl groups is 1. The molecule has 1 atom stereocenters. The lowest BCUT2D eigenvalue weighted by atomic mass is 9.78. The van der Waals surface area contributed by atoms with Crippen molar-refractivity contribution in [2.45, 2.75) is 25.8 Å². The summed E-state index contributed by atoms with van der Waals surface area (Å²) >= 11 is 0. The standard InChI is InChI=1S/C15H23N5O4/c1-16-13(22)12-17-11(24-18-12)9-19-6-4-15(10-19)3-2-5-20(7-8-21)14(15)23/h21H,2-10H2,1H3,(H,16,22)/t15-/m0/s1. The molecule has 0 bridgehead atoms. The smallest absolute Gasteiger partial charge is 0.292 e. The predicted octanol–water partition coefficient (Wildman–Crippen LogP) is -0.764. The van der Waals surface area contributed by atoms with Crippen LogP contribution in [0.2, 0.25) is 0 Å². The van der Waals surface area contributed by atoms with Gasteiger partial charge in [0.05, 0.1) is 18.6 Å². The summed E-state index contributed by atoms with van der Waals surface area (Å²) in [7, 11) is 1.51. The molecule has 2 N–H and O–H groups in total. The van der Waals surface area contributed by atoms with Crippen molar-refractivity contribution in [3.8, 4) is 0 Å². The average molecular weight is 337 g/mol. The number of likely N-dealkylation sites (tertiary alicyclic amines) is 2. The highest BCUT2D eigenvalue weighted by Crippen LogP contribution is 2.40. The highest BCUT2D eigenvalue weighted by molar-refractivity contribution is 5.89. The molecule has 2 saturated heterocycles. The van der Waals surface area contributed by atoms with Crippen LogP contribution in [0, 0.1) is 5.41 Å². The monoisotopic (exact) mass is 337 g/mol. The van der Waals surface area contributed by atoms with Crippen molar-refractivity contribution in [2.75, 3.05) is 39.8 Å².